The van der Waals surface area contributed by atoms with Crippen LogP contribution in [0, 0.1) is 0 Å². The summed E-state index contributed by atoms with van der Waals surface area (Å²) in [6, 6.07) is 5.79. The zero-order valence-electron chi connectivity index (χ0n) is 10.5. The van der Waals surface area contributed by atoms with Gasteiger partial charge in [0.15, 0.2) is 0 Å². The number of aliphatic hydroxyl groups excluding tert-OH is 1. The van der Waals surface area contributed by atoms with Crippen LogP contribution in [0.2, 0.25) is 0 Å². The Labute approximate surface area is 107 Å². The summed E-state index contributed by atoms with van der Waals surface area (Å²) in [5.41, 5.74) is 6.56. The molecule has 0 bridgehead atoms. The molecule has 0 saturated carbocycles. The summed E-state index contributed by atoms with van der Waals surface area (Å²) < 4.78 is 5.58. The van der Waals surface area contributed by atoms with Gasteiger partial charge in [-0.3, -0.25) is 0 Å². The molecule has 1 aromatic rings. The Hall–Kier alpha value is -0.870. The molecule has 1 rings (SSSR count). The molecule has 4 heteroatoms. The molecule has 96 valence electrons. The lowest BCUT2D eigenvalue weighted by Crippen LogP contribution is -2.00. The number of anilines is 1. The van der Waals surface area contributed by atoms with Gasteiger partial charge in [-0.1, -0.05) is 13.8 Å². The zero-order valence-corrected chi connectivity index (χ0v) is 11.3. The summed E-state index contributed by atoms with van der Waals surface area (Å²) >= 11 is 1.71. The van der Waals surface area contributed by atoms with Gasteiger partial charge in [0.1, 0.15) is 5.75 Å². The van der Waals surface area contributed by atoms with Gasteiger partial charge in [-0.05, 0) is 25.0 Å². The molecule has 0 aliphatic carbocycles. The SMILES string of the molecule is CCCOc1cc(N)cc(SC(C)CCO)c1. The molecule has 1 aromatic carbocycles. The van der Waals surface area contributed by atoms with Crippen molar-refractivity contribution in [2.45, 2.75) is 36.8 Å². The number of hydrogen-bond donors (Lipinski definition) is 2. The van der Waals surface area contributed by atoms with Crippen molar-refractivity contribution in [3.8, 4) is 5.75 Å². The fourth-order valence-corrected chi connectivity index (χ4v) is 2.51. The first kappa shape index (κ1) is 14.2. The van der Waals surface area contributed by atoms with E-state index in [2.05, 4.69) is 13.8 Å². The van der Waals surface area contributed by atoms with Crippen molar-refractivity contribution >= 4 is 17.4 Å². The number of nitrogens with two attached hydrogens (primary N) is 1. The van der Waals surface area contributed by atoms with Gasteiger partial charge in [0.05, 0.1) is 6.61 Å². The lowest BCUT2D eigenvalue weighted by molar-refractivity contribution is 0.289. The molecule has 0 amide bonds. The minimum atomic E-state index is 0.218. The van der Waals surface area contributed by atoms with E-state index in [1.807, 2.05) is 18.2 Å². The Morgan fingerprint density at radius 3 is 2.82 bits per heavy atom. The maximum Gasteiger partial charge on any atom is 0.122 e. The minimum Gasteiger partial charge on any atom is -0.493 e. The Bertz CT molecular complexity index is 344. The van der Waals surface area contributed by atoms with E-state index in [4.69, 9.17) is 15.6 Å². The molecule has 1 unspecified atom stereocenters. The molecule has 0 aliphatic heterocycles. The molecule has 0 radical (unpaired) electrons. The van der Waals surface area contributed by atoms with E-state index < -0.39 is 0 Å². The monoisotopic (exact) mass is 255 g/mol. The van der Waals surface area contributed by atoms with Gasteiger partial charge >= 0.3 is 0 Å². The number of hydrogen-bond acceptors (Lipinski definition) is 4. The largest absolute Gasteiger partial charge is 0.493 e. The molecule has 3 nitrogen and oxygen atoms in total. The van der Waals surface area contributed by atoms with E-state index in [1.54, 1.807) is 11.8 Å². The van der Waals surface area contributed by atoms with Crippen LogP contribution in [-0.4, -0.2) is 23.6 Å². The van der Waals surface area contributed by atoms with Crippen LogP contribution in [0.3, 0.4) is 0 Å². The topological polar surface area (TPSA) is 55.5 Å². The first-order valence-corrected chi connectivity index (χ1v) is 6.84. The van der Waals surface area contributed by atoms with Crippen molar-refractivity contribution in [2.24, 2.45) is 0 Å². The first-order chi connectivity index (χ1) is 8.15. The molecule has 1 atom stereocenters. The Morgan fingerprint density at radius 2 is 2.18 bits per heavy atom. The first-order valence-electron chi connectivity index (χ1n) is 5.96. The van der Waals surface area contributed by atoms with E-state index in [0.717, 1.165) is 29.2 Å². The van der Waals surface area contributed by atoms with Crippen molar-refractivity contribution in [1.82, 2.24) is 0 Å². The zero-order chi connectivity index (χ0) is 12.7. The van der Waals surface area contributed by atoms with Crippen LogP contribution in [0.1, 0.15) is 26.7 Å². The van der Waals surface area contributed by atoms with Gasteiger partial charge in [-0.2, -0.15) is 0 Å². The average molecular weight is 255 g/mol. The lowest BCUT2D eigenvalue weighted by Gasteiger charge is -2.12. The molecule has 3 N–H and O–H groups in total. The number of aliphatic hydroxyl groups is 1. The van der Waals surface area contributed by atoms with Crippen molar-refractivity contribution < 1.29 is 9.84 Å². The van der Waals surface area contributed by atoms with Crippen molar-refractivity contribution in [2.75, 3.05) is 18.9 Å². The molecule has 0 aromatic heterocycles. The highest BCUT2D eigenvalue weighted by Crippen LogP contribution is 2.30. The number of benzene rings is 1. The number of nitrogen functional groups attached to an aromatic ring is 1. The maximum atomic E-state index is 8.88. The summed E-state index contributed by atoms with van der Waals surface area (Å²) in [6.45, 7) is 5.09. The third-order valence-electron chi connectivity index (χ3n) is 2.25. The maximum absolute atomic E-state index is 8.88. The Morgan fingerprint density at radius 1 is 1.41 bits per heavy atom. The van der Waals surface area contributed by atoms with Gasteiger partial charge in [0.25, 0.3) is 0 Å². The van der Waals surface area contributed by atoms with Gasteiger partial charge in [0.2, 0.25) is 0 Å². The standard InChI is InChI=1S/C13H21NO2S/c1-3-6-16-12-7-11(14)8-13(9-12)17-10(2)4-5-15/h7-10,15H,3-6,14H2,1-2H3. The molecule has 0 aliphatic rings. The fourth-order valence-electron chi connectivity index (χ4n) is 1.44. The van der Waals surface area contributed by atoms with Crippen LogP contribution in [0.5, 0.6) is 5.75 Å². The fraction of sp³-hybridized carbons (Fsp3) is 0.538. The summed E-state index contributed by atoms with van der Waals surface area (Å²) in [4.78, 5) is 1.09. The lowest BCUT2D eigenvalue weighted by atomic mass is 10.3. The van der Waals surface area contributed by atoms with Crippen LogP contribution in [-0.2, 0) is 0 Å². The third kappa shape index (κ3) is 5.33. The van der Waals surface area contributed by atoms with Crippen LogP contribution >= 0.6 is 11.8 Å². The molecule has 0 spiro atoms. The smallest absolute Gasteiger partial charge is 0.122 e. The summed E-state index contributed by atoms with van der Waals surface area (Å²) in [7, 11) is 0. The molecule has 0 heterocycles. The van der Waals surface area contributed by atoms with E-state index in [-0.39, 0.29) is 6.61 Å². The summed E-state index contributed by atoms with van der Waals surface area (Å²) in [6.07, 6.45) is 1.77. The van der Waals surface area contributed by atoms with Crippen LogP contribution < -0.4 is 10.5 Å². The molecule has 0 fully saturated rings. The highest BCUT2D eigenvalue weighted by atomic mass is 32.2. The summed E-state index contributed by atoms with van der Waals surface area (Å²) in [5.74, 6) is 0.825. The number of ether oxygens (including phenoxy) is 1. The predicted molar refractivity (Wildman–Crippen MR) is 73.7 cm³/mol. The van der Waals surface area contributed by atoms with Gasteiger partial charge in [-0.15, -0.1) is 11.8 Å². The molecular weight excluding hydrogens is 234 g/mol. The normalized spacial score (nSPS) is 12.4. The molecular formula is C13H21NO2S. The van der Waals surface area contributed by atoms with E-state index in [0.29, 0.717) is 11.9 Å². The highest BCUT2D eigenvalue weighted by Gasteiger charge is 2.06. The highest BCUT2D eigenvalue weighted by molar-refractivity contribution is 8.00. The Balaban J connectivity index is 2.67. The Kier molecular flexibility index (Phi) is 6.22. The van der Waals surface area contributed by atoms with Gasteiger partial charge in [-0.25, -0.2) is 0 Å². The predicted octanol–water partition coefficient (Wildman–Crippen LogP) is 2.92. The number of rotatable bonds is 7. The van der Waals surface area contributed by atoms with E-state index in [1.165, 1.54) is 0 Å². The van der Waals surface area contributed by atoms with Crippen LogP contribution in [0.4, 0.5) is 5.69 Å². The van der Waals surface area contributed by atoms with Crippen molar-refractivity contribution in [3.05, 3.63) is 18.2 Å². The second kappa shape index (κ2) is 7.45. The van der Waals surface area contributed by atoms with Crippen molar-refractivity contribution in [1.29, 1.82) is 0 Å². The van der Waals surface area contributed by atoms with Crippen LogP contribution in [0.15, 0.2) is 23.1 Å². The van der Waals surface area contributed by atoms with Gasteiger partial charge in [0, 0.05) is 28.5 Å². The molecule has 0 saturated heterocycles. The average Bonchev–Trinajstić information content (AvgIpc) is 2.25. The van der Waals surface area contributed by atoms with Crippen molar-refractivity contribution in [3.63, 3.8) is 0 Å². The van der Waals surface area contributed by atoms with E-state index in [9.17, 15) is 0 Å². The minimum absolute atomic E-state index is 0.218. The van der Waals surface area contributed by atoms with Gasteiger partial charge < -0.3 is 15.6 Å². The second-order valence-corrected chi connectivity index (χ2v) is 5.54. The molecule has 17 heavy (non-hydrogen) atoms. The number of thioether (sulfide) groups is 1. The third-order valence-corrected chi connectivity index (χ3v) is 3.39. The second-order valence-electron chi connectivity index (χ2n) is 4.03. The van der Waals surface area contributed by atoms with Crippen LogP contribution in [0.25, 0.3) is 0 Å². The summed E-state index contributed by atoms with van der Waals surface area (Å²) in [5, 5.41) is 9.25. The quantitative estimate of drug-likeness (QED) is 0.581. The van der Waals surface area contributed by atoms with E-state index >= 15 is 0 Å².